The molecule has 0 rings (SSSR count). The lowest BCUT2D eigenvalue weighted by Gasteiger charge is -2.15. The quantitative estimate of drug-likeness (QED) is 0.511. The maximum Gasteiger partial charge on any atom is 0.357 e. The summed E-state index contributed by atoms with van der Waals surface area (Å²) in [6, 6.07) is 0. The topological polar surface area (TPSA) is 52.6 Å². The van der Waals surface area contributed by atoms with Gasteiger partial charge >= 0.3 is 11.9 Å². The smallest absolute Gasteiger partial charge is 0.357 e. The molecule has 13 heavy (non-hydrogen) atoms. The van der Waals surface area contributed by atoms with Crippen molar-refractivity contribution in [3.63, 3.8) is 0 Å². The molecular weight excluding hydrogens is 192 g/mol. The van der Waals surface area contributed by atoms with Crippen molar-refractivity contribution in [2.45, 2.75) is 31.5 Å². The van der Waals surface area contributed by atoms with Gasteiger partial charge in [-0.3, -0.25) is 4.79 Å². The molecule has 0 aromatic heterocycles. The minimum Gasteiger partial charge on any atom is -0.466 e. The lowest BCUT2D eigenvalue weighted by atomic mass is 10.6. The molecule has 0 unspecified atom stereocenters. The van der Waals surface area contributed by atoms with Gasteiger partial charge in [0.15, 0.2) is 0 Å². The number of hydrogen-bond acceptors (Lipinski definition) is 5. The second-order valence-corrected chi connectivity index (χ2v) is 4.29. The van der Waals surface area contributed by atoms with Gasteiger partial charge in [-0.05, 0) is 0 Å². The second kappa shape index (κ2) is 5.85. The summed E-state index contributed by atoms with van der Waals surface area (Å²) in [6.45, 7) is 5.07. The number of methoxy groups -OCH3 is 1. The van der Waals surface area contributed by atoms with E-state index in [4.69, 9.17) is 4.74 Å². The molecule has 76 valence electrons. The zero-order valence-corrected chi connectivity index (χ0v) is 9.01. The molecule has 0 heterocycles. The van der Waals surface area contributed by atoms with Crippen LogP contribution in [0.1, 0.15) is 20.8 Å². The van der Waals surface area contributed by atoms with Gasteiger partial charge in [-0.25, -0.2) is 4.79 Å². The lowest BCUT2D eigenvalue weighted by Crippen LogP contribution is -2.25. The molecule has 0 aliphatic rings. The monoisotopic (exact) mass is 206 g/mol. The van der Waals surface area contributed by atoms with Crippen molar-refractivity contribution < 1.29 is 19.1 Å². The van der Waals surface area contributed by atoms with Crippen LogP contribution in [-0.2, 0) is 19.1 Å². The van der Waals surface area contributed by atoms with E-state index in [1.165, 1.54) is 25.8 Å². The van der Waals surface area contributed by atoms with E-state index in [0.717, 1.165) is 0 Å². The standard InChI is InChI=1S/C8H14O4S/c1-5(2)13-8(7(10)11-4)12-6(3)9/h5,8H,1-4H3/t8-/m0/s1. The highest BCUT2D eigenvalue weighted by atomic mass is 32.2. The van der Waals surface area contributed by atoms with Crippen molar-refractivity contribution in [2.75, 3.05) is 7.11 Å². The molecule has 0 saturated carbocycles. The number of thioether (sulfide) groups is 1. The Kier molecular flexibility index (Phi) is 5.53. The molecule has 0 aliphatic carbocycles. The van der Waals surface area contributed by atoms with Crippen molar-refractivity contribution in [1.29, 1.82) is 0 Å². The number of rotatable bonds is 4. The van der Waals surface area contributed by atoms with Crippen LogP contribution in [0.2, 0.25) is 0 Å². The zero-order chi connectivity index (χ0) is 10.4. The number of carbonyl (C=O) groups excluding carboxylic acids is 2. The van der Waals surface area contributed by atoms with Crippen molar-refractivity contribution in [1.82, 2.24) is 0 Å². The average Bonchev–Trinajstić information content (AvgIpc) is 2.00. The summed E-state index contributed by atoms with van der Waals surface area (Å²) in [7, 11) is 1.26. The van der Waals surface area contributed by atoms with Crippen LogP contribution in [0.25, 0.3) is 0 Å². The Balaban J connectivity index is 4.18. The van der Waals surface area contributed by atoms with Crippen molar-refractivity contribution in [3.8, 4) is 0 Å². The Labute approximate surface area is 82.0 Å². The molecule has 0 N–H and O–H groups in total. The zero-order valence-electron chi connectivity index (χ0n) is 8.20. The fourth-order valence-electron chi connectivity index (χ4n) is 0.626. The Morgan fingerprint density at radius 3 is 2.15 bits per heavy atom. The van der Waals surface area contributed by atoms with Crippen LogP contribution in [0.4, 0.5) is 0 Å². The van der Waals surface area contributed by atoms with Gasteiger partial charge in [0.2, 0.25) is 5.44 Å². The number of hydrogen-bond donors (Lipinski definition) is 0. The minimum atomic E-state index is -0.845. The van der Waals surface area contributed by atoms with Crippen LogP contribution < -0.4 is 0 Å². The van der Waals surface area contributed by atoms with Crippen molar-refractivity contribution in [2.24, 2.45) is 0 Å². The fourth-order valence-corrected chi connectivity index (χ4v) is 1.52. The summed E-state index contributed by atoms with van der Waals surface area (Å²) in [5.41, 5.74) is -0.845. The first kappa shape index (κ1) is 12.3. The molecule has 0 saturated heterocycles. The Morgan fingerprint density at radius 1 is 1.31 bits per heavy atom. The molecule has 0 aromatic rings. The van der Waals surface area contributed by atoms with E-state index in [-0.39, 0.29) is 5.25 Å². The second-order valence-electron chi connectivity index (χ2n) is 2.65. The highest BCUT2D eigenvalue weighted by Gasteiger charge is 2.23. The van der Waals surface area contributed by atoms with E-state index in [2.05, 4.69) is 4.74 Å². The molecule has 5 heteroatoms. The third-order valence-electron chi connectivity index (χ3n) is 1.06. The summed E-state index contributed by atoms with van der Waals surface area (Å²) >= 11 is 1.24. The number of carbonyl (C=O) groups is 2. The maximum atomic E-state index is 11.1. The summed E-state index contributed by atoms with van der Waals surface area (Å²) in [5, 5.41) is 0.198. The molecule has 0 aromatic carbocycles. The van der Waals surface area contributed by atoms with Gasteiger partial charge in [0.1, 0.15) is 0 Å². The van der Waals surface area contributed by atoms with Gasteiger partial charge in [-0.1, -0.05) is 13.8 Å². The normalized spacial score (nSPS) is 12.4. The van der Waals surface area contributed by atoms with E-state index in [0.29, 0.717) is 0 Å². The summed E-state index contributed by atoms with van der Waals surface area (Å²) < 4.78 is 9.24. The van der Waals surface area contributed by atoms with Gasteiger partial charge in [0.05, 0.1) is 7.11 Å². The van der Waals surface area contributed by atoms with E-state index in [1.54, 1.807) is 0 Å². The first-order valence-corrected chi connectivity index (χ1v) is 4.82. The summed E-state index contributed by atoms with van der Waals surface area (Å²) in [4.78, 5) is 21.7. The van der Waals surface area contributed by atoms with Gasteiger partial charge in [0, 0.05) is 12.2 Å². The minimum absolute atomic E-state index is 0.198. The van der Waals surface area contributed by atoms with E-state index < -0.39 is 17.4 Å². The maximum absolute atomic E-state index is 11.1. The van der Waals surface area contributed by atoms with Crippen molar-refractivity contribution in [3.05, 3.63) is 0 Å². The molecule has 0 spiro atoms. The predicted molar refractivity (Wildman–Crippen MR) is 50.3 cm³/mol. The first-order chi connectivity index (χ1) is 5.97. The van der Waals surface area contributed by atoms with Crippen LogP contribution in [0, 0.1) is 0 Å². The van der Waals surface area contributed by atoms with Crippen LogP contribution in [0.3, 0.4) is 0 Å². The first-order valence-electron chi connectivity index (χ1n) is 3.88. The Bertz CT molecular complexity index is 191. The predicted octanol–water partition coefficient (Wildman–Crippen LogP) is 1.19. The van der Waals surface area contributed by atoms with Crippen LogP contribution in [-0.4, -0.2) is 29.7 Å². The molecule has 0 fully saturated rings. The molecule has 1 atom stereocenters. The number of ether oxygens (including phenoxy) is 2. The van der Waals surface area contributed by atoms with Crippen molar-refractivity contribution >= 4 is 23.7 Å². The van der Waals surface area contributed by atoms with E-state index >= 15 is 0 Å². The Morgan fingerprint density at radius 2 is 1.85 bits per heavy atom. The molecule has 4 nitrogen and oxygen atoms in total. The van der Waals surface area contributed by atoms with E-state index in [1.807, 2.05) is 13.8 Å². The lowest BCUT2D eigenvalue weighted by molar-refractivity contribution is -0.158. The number of esters is 2. The van der Waals surface area contributed by atoms with Crippen LogP contribution in [0.15, 0.2) is 0 Å². The summed E-state index contributed by atoms with van der Waals surface area (Å²) in [6.07, 6.45) is 0. The van der Waals surface area contributed by atoms with Gasteiger partial charge in [-0.2, -0.15) is 0 Å². The summed E-state index contributed by atoms with van der Waals surface area (Å²) in [5.74, 6) is -1.02. The van der Waals surface area contributed by atoms with Crippen LogP contribution >= 0.6 is 11.8 Å². The van der Waals surface area contributed by atoms with E-state index in [9.17, 15) is 9.59 Å². The van der Waals surface area contributed by atoms with Gasteiger partial charge in [0.25, 0.3) is 0 Å². The highest BCUT2D eigenvalue weighted by molar-refractivity contribution is 8.01. The molecular formula is C8H14O4S. The third kappa shape index (κ3) is 5.52. The average molecular weight is 206 g/mol. The fraction of sp³-hybridized carbons (Fsp3) is 0.750. The molecule has 0 aliphatic heterocycles. The van der Waals surface area contributed by atoms with Crippen LogP contribution in [0.5, 0.6) is 0 Å². The molecule has 0 bridgehead atoms. The Hall–Kier alpha value is -0.710. The molecule has 0 radical (unpaired) electrons. The SMILES string of the molecule is COC(=O)[C@@H](OC(C)=O)SC(C)C. The highest BCUT2D eigenvalue weighted by Crippen LogP contribution is 2.19. The third-order valence-corrected chi connectivity index (χ3v) is 2.14. The largest absolute Gasteiger partial charge is 0.466 e. The van der Waals surface area contributed by atoms with Gasteiger partial charge < -0.3 is 9.47 Å². The van der Waals surface area contributed by atoms with Gasteiger partial charge in [-0.15, -0.1) is 11.8 Å². The molecule has 0 amide bonds.